The van der Waals surface area contributed by atoms with E-state index in [1.807, 2.05) is 0 Å². The molecule has 2 N–H and O–H groups in total. The minimum atomic E-state index is -0.446. The van der Waals surface area contributed by atoms with Crippen LogP contribution in [0.3, 0.4) is 0 Å². The molecule has 2 aromatic carbocycles. The van der Waals surface area contributed by atoms with Gasteiger partial charge >= 0.3 is 11.8 Å². The maximum absolute atomic E-state index is 12.0. The van der Waals surface area contributed by atoms with Crippen molar-refractivity contribution in [1.29, 1.82) is 0 Å². The van der Waals surface area contributed by atoms with Crippen molar-refractivity contribution in [3.8, 4) is 5.75 Å². The second-order valence-corrected chi connectivity index (χ2v) is 4.92. The highest BCUT2D eigenvalue weighted by Gasteiger charge is 2.08. The molecule has 0 aliphatic carbocycles. The Labute approximate surface area is 131 Å². The van der Waals surface area contributed by atoms with E-state index in [4.69, 9.17) is 9.15 Å². The van der Waals surface area contributed by atoms with Gasteiger partial charge in [0.2, 0.25) is 0 Å². The van der Waals surface area contributed by atoms with E-state index >= 15 is 0 Å². The van der Waals surface area contributed by atoms with Crippen molar-refractivity contribution < 1.29 is 13.9 Å². The highest BCUT2D eigenvalue weighted by atomic mass is 16.5. The third kappa shape index (κ3) is 3.03. The van der Waals surface area contributed by atoms with Crippen molar-refractivity contribution in [2.24, 2.45) is 7.05 Å². The third-order valence-electron chi connectivity index (χ3n) is 3.38. The zero-order valence-electron chi connectivity index (χ0n) is 12.6. The number of aryl methyl sites for hydroxylation is 1. The molecule has 1 aromatic heterocycles. The van der Waals surface area contributed by atoms with Crippen LogP contribution >= 0.6 is 0 Å². The number of hydrogen-bond acceptors (Lipinski definition) is 4. The van der Waals surface area contributed by atoms with Gasteiger partial charge in [-0.15, -0.1) is 0 Å². The Morgan fingerprint density at radius 2 is 1.87 bits per heavy atom. The fourth-order valence-corrected chi connectivity index (χ4v) is 2.21. The summed E-state index contributed by atoms with van der Waals surface area (Å²) in [5, 5.41) is 5.39. The van der Waals surface area contributed by atoms with Gasteiger partial charge in [-0.1, -0.05) is 6.07 Å². The number of urea groups is 1. The lowest BCUT2D eigenvalue weighted by molar-refractivity contribution is 0.262. The van der Waals surface area contributed by atoms with Gasteiger partial charge in [0.1, 0.15) is 5.75 Å². The van der Waals surface area contributed by atoms with Gasteiger partial charge in [-0.25, -0.2) is 9.59 Å². The van der Waals surface area contributed by atoms with E-state index in [2.05, 4.69) is 10.6 Å². The molecular weight excluding hydrogens is 298 g/mol. The Morgan fingerprint density at radius 1 is 1.13 bits per heavy atom. The molecule has 0 radical (unpaired) electrons. The molecule has 2 amide bonds. The molecule has 118 valence electrons. The zero-order valence-corrected chi connectivity index (χ0v) is 12.6. The Balaban J connectivity index is 1.75. The number of amides is 2. The summed E-state index contributed by atoms with van der Waals surface area (Å²) in [5.74, 6) is 0.202. The van der Waals surface area contributed by atoms with Crippen LogP contribution in [0.2, 0.25) is 0 Å². The minimum Gasteiger partial charge on any atom is -0.497 e. The van der Waals surface area contributed by atoms with Crippen molar-refractivity contribution in [2.75, 3.05) is 17.7 Å². The van der Waals surface area contributed by atoms with Gasteiger partial charge in [-0.05, 0) is 24.3 Å². The van der Waals surface area contributed by atoms with E-state index in [-0.39, 0.29) is 0 Å². The van der Waals surface area contributed by atoms with Crippen molar-refractivity contribution >= 4 is 28.5 Å². The summed E-state index contributed by atoms with van der Waals surface area (Å²) in [6, 6.07) is 11.6. The molecule has 3 rings (SSSR count). The highest BCUT2D eigenvalue weighted by Crippen LogP contribution is 2.19. The summed E-state index contributed by atoms with van der Waals surface area (Å²) in [5.41, 5.74) is 2.20. The van der Waals surface area contributed by atoms with Gasteiger partial charge in [0.15, 0.2) is 5.58 Å². The second-order valence-electron chi connectivity index (χ2n) is 4.92. The van der Waals surface area contributed by atoms with Crippen LogP contribution in [0.25, 0.3) is 11.1 Å². The number of benzene rings is 2. The topological polar surface area (TPSA) is 85.5 Å². The average Bonchev–Trinajstić information content (AvgIpc) is 2.81. The molecule has 0 atom stereocenters. The first-order valence-electron chi connectivity index (χ1n) is 6.88. The maximum Gasteiger partial charge on any atom is 0.419 e. The number of anilines is 2. The number of aromatic nitrogens is 1. The molecule has 23 heavy (non-hydrogen) atoms. The van der Waals surface area contributed by atoms with Crippen LogP contribution < -0.4 is 21.1 Å². The summed E-state index contributed by atoms with van der Waals surface area (Å²) in [6.45, 7) is 0. The van der Waals surface area contributed by atoms with Crippen LogP contribution in [0.15, 0.2) is 51.7 Å². The predicted octanol–water partition coefficient (Wildman–Crippen LogP) is 2.78. The molecule has 0 saturated carbocycles. The van der Waals surface area contributed by atoms with Crippen LogP contribution in [-0.2, 0) is 7.05 Å². The van der Waals surface area contributed by atoms with Crippen LogP contribution in [-0.4, -0.2) is 17.7 Å². The van der Waals surface area contributed by atoms with Crippen LogP contribution in [0.4, 0.5) is 16.2 Å². The van der Waals surface area contributed by atoms with Gasteiger partial charge in [-0.3, -0.25) is 4.57 Å². The fraction of sp³-hybridized carbons (Fsp3) is 0.125. The van der Waals surface area contributed by atoms with Gasteiger partial charge in [-0.2, -0.15) is 0 Å². The number of carbonyl (C=O) groups is 1. The van der Waals surface area contributed by atoms with Gasteiger partial charge in [0, 0.05) is 30.6 Å². The summed E-state index contributed by atoms with van der Waals surface area (Å²) in [7, 11) is 3.18. The van der Waals surface area contributed by atoms with E-state index in [9.17, 15) is 9.59 Å². The smallest absolute Gasteiger partial charge is 0.419 e. The Morgan fingerprint density at radius 3 is 2.61 bits per heavy atom. The molecule has 3 aromatic rings. The fourth-order valence-electron chi connectivity index (χ4n) is 2.21. The van der Waals surface area contributed by atoms with Crippen LogP contribution in [0.1, 0.15) is 0 Å². The molecule has 1 heterocycles. The first kappa shape index (κ1) is 14.7. The van der Waals surface area contributed by atoms with E-state index in [1.54, 1.807) is 56.6 Å². The molecule has 0 fully saturated rings. The lowest BCUT2D eigenvalue weighted by atomic mass is 10.3. The van der Waals surface area contributed by atoms with Crippen molar-refractivity contribution in [2.45, 2.75) is 0 Å². The van der Waals surface area contributed by atoms with Crippen molar-refractivity contribution in [3.63, 3.8) is 0 Å². The van der Waals surface area contributed by atoms with Gasteiger partial charge < -0.3 is 19.8 Å². The largest absolute Gasteiger partial charge is 0.497 e. The molecule has 7 nitrogen and oxygen atoms in total. The lowest BCUT2D eigenvalue weighted by Crippen LogP contribution is -2.19. The highest BCUT2D eigenvalue weighted by molar-refractivity contribution is 6.00. The molecule has 0 saturated heterocycles. The number of rotatable bonds is 3. The lowest BCUT2D eigenvalue weighted by Gasteiger charge is -2.08. The minimum absolute atomic E-state index is 0.407. The Bertz CT molecular complexity index is 926. The van der Waals surface area contributed by atoms with E-state index in [1.165, 1.54) is 4.57 Å². The van der Waals surface area contributed by atoms with E-state index in [0.717, 1.165) is 0 Å². The number of nitrogens with zero attached hydrogens (tertiary/aromatic N) is 1. The Hall–Kier alpha value is -3.22. The number of ether oxygens (including phenoxy) is 1. The maximum atomic E-state index is 12.0. The monoisotopic (exact) mass is 313 g/mol. The molecule has 0 aliphatic heterocycles. The summed E-state index contributed by atoms with van der Waals surface area (Å²) in [6.07, 6.45) is 0. The first-order valence-corrected chi connectivity index (χ1v) is 6.88. The number of fused-ring (bicyclic) bond motifs is 1. The second kappa shape index (κ2) is 5.88. The molecular formula is C16H15N3O4. The van der Waals surface area contributed by atoms with Gasteiger partial charge in [0.05, 0.1) is 12.6 Å². The molecule has 7 heteroatoms. The number of hydrogen-bond donors (Lipinski definition) is 2. The molecule has 0 bridgehead atoms. The first-order chi connectivity index (χ1) is 11.1. The number of carbonyl (C=O) groups excluding carboxylic acids is 1. The summed E-state index contributed by atoms with van der Waals surface area (Å²) < 4.78 is 11.6. The van der Waals surface area contributed by atoms with Crippen molar-refractivity contribution in [3.05, 3.63) is 53.0 Å². The third-order valence-corrected chi connectivity index (χ3v) is 3.38. The quantitative estimate of drug-likeness (QED) is 0.778. The summed E-state index contributed by atoms with van der Waals surface area (Å²) >= 11 is 0. The van der Waals surface area contributed by atoms with E-state index in [0.29, 0.717) is 28.2 Å². The average molecular weight is 313 g/mol. The van der Waals surface area contributed by atoms with Gasteiger partial charge in [0.25, 0.3) is 0 Å². The molecule has 0 unspecified atom stereocenters. The normalized spacial score (nSPS) is 10.5. The molecule has 0 spiro atoms. The Kier molecular flexibility index (Phi) is 3.76. The summed E-state index contributed by atoms with van der Waals surface area (Å²) in [4.78, 5) is 23.5. The molecule has 0 aliphatic rings. The van der Waals surface area contributed by atoms with Crippen LogP contribution in [0, 0.1) is 0 Å². The van der Waals surface area contributed by atoms with E-state index < -0.39 is 11.8 Å². The number of methoxy groups -OCH3 is 1. The predicted molar refractivity (Wildman–Crippen MR) is 87.1 cm³/mol. The standard InChI is InChI=1S/C16H15N3O4/c1-19-13-7-6-11(9-14(13)23-16(19)21)18-15(20)17-10-4-3-5-12(8-10)22-2/h3-9H,1-2H3,(H2,17,18,20). The SMILES string of the molecule is COc1cccc(NC(=O)Nc2ccc3c(c2)oc(=O)n3C)c1. The van der Waals surface area contributed by atoms with Crippen LogP contribution in [0.5, 0.6) is 5.75 Å². The number of oxazole rings is 1. The van der Waals surface area contributed by atoms with Crippen molar-refractivity contribution in [1.82, 2.24) is 4.57 Å². The number of nitrogens with one attached hydrogen (secondary N) is 2. The zero-order chi connectivity index (χ0) is 16.4.